The Labute approximate surface area is 414 Å². The van der Waals surface area contributed by atoms with Gasteiger partial charge >= 0.3 is 0 Å². The Morgan fingerprint density at radius 2 is 1.61 bits per heavy atom. The van der Waals surface area contributed by atoms with Crippen LogP contribution < -0.4 is 32.3 Å². The molecule has 374 valence electrons. The molecule has 1 fully saturated rings. The van der Waals surface area contributed by atoms with E-state index in [1.165, 1.54) is 4.90 Å². The van der Waals surface area contributed by atoms with Crippen LogP contribution >= 0.6 is 11.3 Å². The molecule has 1 saturated heterocycles. The van der Waals surface area contributed by atoms with Gasteiger partial charge in [0, 0.05) is 57.9 Å². The van der Waals surface area contributed by atoms with Gasteiger partial charge in [0.2, 0.25) is 35.4 Å². The average Bonchev–Trinajstić information content (AvgIpc) is 4.04. The lowest BCUT2D eigenvalue weighted by Crippen LogP contribution is -2.57. The van der Waals surface area contributed by atoms with E-state index in [1.54, 1.807) is 16.2 Å². The number of carbonyl (C=O) groups excluding carboxylic acids is 6. The Bertz CT molecular complexity index is 2520. The molecule has 8 N–H and O–H groups in total. The van der Waals surface area contributed by atoms with Crippen molar-refractivity contribution >= 4 is 52.5 Å². The Hall–Kier alpha value is -6.01. The van der Waals surface area contributed by atoms with Crippen LogP contribution in [0.4, 0.5) is 5.69 Å². The van der Waals surface area contributed by atoms with Gasteiger partial charge in [0.15, 0.2) is 0 Å². The number of hydrogen-bond acceptors (Lipinski definition) is 11. The van der Waals surface area contributed by atoms with E-state index in [-0.39, 0.29) is 56.0 Å². The van der Waals surface area contributed by atoms with Crippen LogP contribution in [0, 0.1) is 12.3 Å². The Morgan fingerprint density at radius 3 is 2.30 bits per heavy atom. The molecule has 17 heteroatoms. The van der Waals surface area contributed by atoms with Gasteiger partial charge in [-0.3, -0.25) is 33.7 Å². The zero-order valence-electron chi connectivity index (χ0n) is 41.0. The van der Waals surface area contributed by atoms with Gasteiger partial charge in [0.05, 0.1) is 33.9 Å². The number of rotatable bonds is 20. The van der Waals surface area contributed by atoms with Crippen molar-refractivity contribution in [3.63, 3.8) is 0 Å². The van der Waals surface area contributed by atoms with Gasteiger partial charge in [-0.15, -0.1) is 11.3 Å². The molecular weight excluding hydrogens is 907 g/mol. The third kappa shape index (κ3) is 12.8. The molecule has 0 radical (unpaired) electrons. The number of thiazole rings is 1. The number of aromatic nitrogens is 1. The van der Waals surface area contributed by atoms with Crippen LogP contribution in [0.5, 0.6) is 0 Å². The molecule has 16 nitrogen and oxygen atoms in total. The number of nitrogens with one attached hydrogen (secondary N) is 3. The van der Waals surface area contributed by atoms with Crippen LogP contribution in [0.1, 0.15) is 99.2 Å². The number of likely N-dealkylation sites (N-methyl/N-ethyl adjacent to an activating group) is 1. The molecule has 3 aromatic carbocycles. The number of benzene rings is 3. The smallest absolute Gasteiger partial charge is 0.246 e. The predicted octanol–water partition coefficient (Wildman–Crippen LogP) is 4.05. The number of amides is 6. The van der Waals surface area contributed by atoms with Gasteiger partial charge in [-0.05, 0) is 91.3 Å². The quantitative estimate of drug-likeness (QED) is 0.0696. The van der Waals surface area contributed by atoms with Crippen molar-refractivity contribution in [2.75, 3.05) is 25.0 Å². The number of hydrogen-bond donors (Lipinski definition) is 6. The molecule has 3 aliphatic rings. The van der Waals surface area contributed by atoms with Gasteiger partial charge < -0.3 is 42.3 Å². The number of aryl methyl sites for hydroxylation is 3. The molecule has 4 heterocycles. The van der Waals surface area contributed by atoms with Crippen LogP contribution in [0.2, 0.25) is 0 Å². The summed E-state index contributed by atoms with van der Waals surface area (Å²) in [5.74, 6) is -2.00. The molecule has 0 saturated carbocycles. The second-order valence-corrected chi connectivity index (χ2v) is 21.2. The normalized spacial score (nSPS) is 19.6. The first-order chi connectivity index (χ1) is 33.4. The van der Waals surface area contributed by atoms with Crippen LogP contribution in [0.15, 0.2) is 72.2 Å². The maximum Gasteiger partial charge on any atom is 0.246 e. The molecular formula is C53H69N9O7S. The van der Waals surface area contributed by atoms with E-state index in [2.05, 4.69) is 50.1 Å². The molecule has 0 bridgehead atoms. The first-order valence-electron chi connectivity index (χ1n) is 24.5. The lowest BCUT2D eigenvalue weighted by Gasteiger charge is -2.35. The highest BCUT2D eigenvalue weighted by atomic mass is 32.1. The topological polar surface area (TPSA) is 233 Å². The zero-order valence-corrected chi connectivity index (χ0v) is 41.9. The molecule has 7 rings (SSSR count). The first-order valence-corrected chi connectivity index (χ1v) is 25.3. The second-order valence-electron chi connectivity index (χ2n) is 20.4. The van der Waals surface area contributed by atoms with Gasteiger partial charge in [-0.25, -0.2) is 4.98 Å². The third-order valence-electron chi connectivity index (χ3n) is 13.7. The summed E-state index contributed by atoms with van der Waals surface area (Å²) in [5, 5.41) is 19.7. The SMILES string of the molecule is Cc1ncsc1-c1ccc(CNC(=O)[C@@H]2C[C@@H](O)CN2C(=O)[C@@H](NC(=O)CCCCc2ccc(CN(C)C[C@H](CCC(N)=O)NC(=O)[C@@H]3Cc4cccc5c4N3C(=O)[C@@H](N)CC5)cc2)C(C)(C)C)cc1. The fraction of sp³-hybridized carbons (Fsp3) is 0.491. The van der Waals surface area contributed by atoms with E-state index < -0.39 is 53.5 Å². The van der Waals surface area contributed by atoms with E-state index in [0.29, 0.717) is 45.2 Å². The maximum absolute atomic E-state index is 14.1. The van der Waals surface area contributed by atoms with Crippen LogP contribution in [0.3, 0.4) is 0 Å². The molecule has 3 aliphatic heterocycles. The first kappa shape index (κ1) is 51.8. The lowest BCUT2D eigenvalue weighted by molar-refractivity contribution is -0.144. The van der Waals surface area contributed by atoms with Crippen molar-refractivity contribution in [1.29, 1.82) is 0 Å². The number of primary amides is 1. The number of anilines is 1. The maximum atomic E-state index is 14.1. The highest BCUT2D eigenvalue weighted by Crippen LogP contribution is 2.39. The molecule has 1 aromatic heterocycles. The monoisotopic (exact) mass is 976 g/mol. The second kappa shape index (κ2) is 22.8. The number of likely N-dealkylation sites (tertiary alicyclic amines) is 1. The Kier molecular flexibility index (Phi) is 16.9. The number of carbonyl (C=O) groups is 6. The van der Waals surface area contributed by atoms with Crippen molar-refractivity contribution in [1.82, 2.24) is 30.7 Å². The number of unbranched alkanes of at least 4 members (excludes halogenated alkanes) is 1. The van der Waals surface area contributed by atoms with E-state index in [4.69, 9.17) is 11.5 Å². The lowest BCUT2D eigenvalue weighted by atomic mass is 9.85. The molecule has 4 aromatic rings. The van der Waals surface area contributed by atoms with Gasteiger partial charge in [0.1, 0.15) is 18.1 Å². The largest absolute Gasteiger partial charge is 0.391 e. The summed E-state index contributed by atoms with van der Waals surface area (Å²) in [6.07, 6.45) is 3.60. The summed E-state index contributed by atoms with van der Waals surface area (Å²) >= 11 is 1.57. The summed E-state index contributed by atoms with van der Waals surface area (Å²) in [6.45, 7) is 8.88. The Morgan fingerprint density at radius 1 is 0.914 bits per heavy atom. The minimum absolute atomic E-state index is 0.00325. The number of nitrogens with two attached hydrogens (primary N) is 2. The van der Waals surface area contributed by atoms with Gasteiger partial charge in [-0.2, -0.15) is 0 Å². The fourth-order valence-corrected chi connectivity index (χ4v) is 10.7. The summed E-state index contributed by atoms with van der Waals surface area (Å²) < 4.78 is 0. The van der Waals surface area contributed by atoms with E-state index in [9.17, 15) is 33.9 Å². The number of aliphatic hydroxyl groups is 1. The standard InChI is InChI=1S/C53H69N9O7S/c1-32-47(70-31-57-32)37-19-17-34(18-20-37)27-56-49(66)42-26-40(63)30-61(42)52(69)48(53(2,3)4)59-45(65)12-7-6-9-33-13-15-35(16-14-33)28-60(5)29-39(22-24-44(55)64)58-50(67)43-25-38-11-8-10-36-21-23-41(54)51(68)62(43)46(36)38/h8,10-11,13-20,31,39-43,48,63H,6-7,9,12,21-30,54H2,1-5H3,(H2,55,64)(H,56,66)(H,58,67)(H,59,65)/t39-,40+,41-,42-,43-,48+/m0/s1. The van der Waals surface area contributed by atoms with Crippen molar-refractivity contribution in [3.8, 4) is 10.4 Å². The molecule has 70 heavy (non-hydrogen) atoms. The molecule has 0 unspecified atom stereocenters. The predicted molar refractivity (Wildman–Crippen MR) is 270 cm³/mol. The molecule has 6 atom stereocenters. The minimum Gasteiger partial charge on any atom is -0.391 e. The van der Waals surface area contributed by atoms with Crippen molar-refractivity contribution in [3.05, 3.63) is 106 Å². The minimum atomic E-state index is -0.901. The van der Waals surface area contributed by atoms with Crippen LogP contribution in [0.25, 0.3) is 10.4 Å². The third-order valence-corrected chi connectivity index (χ3v) is 14.7. The van der Waals surface area contributed by atoms with Crippen LogP contribution in [-0.4, -0.2) is 112 Å². The summed E-state index contributed by atoms with van der Waals surface area (Å²) in [5.41, 5.74) is 20.8. The highest BCUT2D eigenvalue weighted by molar-refractivity contribution is 7.13. The van der Waals surface area contributed by atoms with Gasteiger partial charge in [-0.1, -0.05) is 87.5 Å². The van der Waals surface area contributed by atoms with E-state index in [0.717, 1.165) is 62.5 Å². The number of nitrogens with zero attached hydrogens (tertiary/aromatic N) is 4. The van der Waals surface area contributed by atoms with E-state index >= 15 is 0 Å². The summed E-state index contributed by atoms with van der Waals surface area (Å²) in [7, 11) is 1.95. The van der Waals surface area contributed by atoms with E-state index in [1.807, 2.05) is 82.7 Å². The molecule has 6 amide bonds. The van der Waals surface area contributed by atoms with Crippen LogP contribution in [-0.2, 0) is 61.1 Å². The highest BCUT2D eigenvalue weighted by Gasteiger charge is 2.45. The molecule has 0 spiro atoms. The number of aliphatic hydroxyl groups excluding tert-OH is 1. The summed E-state index contributed by atoms with van der Waals surface area (Å²) in [4.78, 5) is 90.6. The number of para-hydroxylation sites is 1. The van der Waals surface area contributed by atoms with Crippen molar-refractivity contribution < 1.29 is 33.9 Å². The fourth-order valence-electron chi connectivity index (χ4n) is 9.88. The van der Waals surface area contributed by atoms with Gasteiger partial charge in [0.25, 0.3) is 0 Å². The summed E-state index contributed by atoms with van der Waals surface area (Å²) in [6, 6.07) is 18.5. The average molecular weight is 976 g/mol. The zero-order chi connectivity index (χ0) is 50.3. The Balaban J connectivity index is 0.860. The van der Waals surface area contributed by atoms with Crippen molar-refractivity contribution in [2.24, 2.45) is 16.9 Å². The molecule has 0 aliphatic carbocycles. The number of β-amino-alcohol motifs (C(OH)–C–C–N with tert-alkyl or cyclic N) is 1. The van der Waals surface area contributed by atoms with Crippen molar-refractivity contribution in [2.45, 2.75) is 141 Å².